The summed E-state index contributed by atoms with van der Waals surface area (Å²) >= 11 is 0. The van der Waals surface area contributed by atoms with Gasteiger partial charge in [0.15, 0.2) is 0 Å². The molecule has 1 aromatic rings. The van der Waals surface area contributed by atoms with E-state index in [4.69, 9.17) is 0 Å². The van der Waals surface area contributed by atoms with E-state index in [1.165, 1.54) is 4.31 Å². The SMILES string of the molecule is Cc1ccc(S(=O)(=O)N2CCNCC(O)C2)cc1. The van der Waals surface area contributed by atoms with Gasteiger partial charge in [0.25, 0.3) is 0 Å². The lowest BCUT2D eigenvalue weighted by atomic mass is 10.2. The Kier molecular flexibility index (Phi) is 4.01. The molecular weight excluding hydrogens is 252 g/mol. The molecule has 1 fully saturated rings. The Morgan fingerprint density at radius 1 is 1.33 bits per heavy atom. The van der Waals surface area contributed by atoms with Crippen LogP contribution in [0.4, 0.5) is 0 Å². The third-order valence-corrected chi connectivity index (χ3v) is 4.87. The molecule has 1 aliphatic heterocycles. The lowest BCUT2D eigenvalue weighted by molar-refractivity contribution is 0.159. The fourth-order valence-electron chi connectivity index (χ4n) is 1.94. The number of β-amino-alcohol motifs (C(OH)–C–C–N with tert-alkyl or cyclic N) is 1. The van der Waals surface area contributed by atoms with Crippen LogP contribution in [0.5, 0.6) is 0 Å². The minimum atomic E-state index is -3.50. The van der Waals surface area contributed by atoms with Crippen LogP contribution in [0, 0.1) is 6.92 Å². The van der Waals surface area contributed by atoms with E-state index in [9.17, 15) is 13.5 Å². The van der Waals surface area contributed by atoms with E-state index in [2.05, 4.69) is 5.32 Å². The molecular formula is C12H18N2O3S. The van der Waals surface area contributed by atoms with Crippen molar-refractivity contribution in [3.63, 3.8) is 0 Å². The van der Waals surface area contributed by atoms with Crippen LogP contribution in [0.3, 0.4) is 0 Å². The van der Waals surface area contributed by atoms with E-state index >= 15 is 0 Å². The molecule has 0 aliphatic carbocycles. The highest BCUT2D eigenvalue weighted by molar-refractivity contribution is 7.89. The number of sulfonamides is 1. The predicted molar refractivity (Wildman–Crippen MR) is 68.8 cm³/mol. The van der Waals surface area contributed by atoms with Gasteiger partial charge in [0, 0.05) is 26.2 Å². The lowest BCUT2D eigenvalue weighted by Gasteiger charge is -2.21. The van der Waals surface area contributed by atoms with Crippen LogP contribution in [0.25, 0.3) is 0 Å². The van der Waals surface area contributed by atoms with Crippen LogP contribution in [0.15, 0.2) is 29.2 Å². The molecule has 0 aromatic heterocycles. The summed E-state index contributed by atoms with van der Waals surface area (Å²) in [7, 11) is -3.50. The number of rotatable bonds is 2. The fraction of sp³-hybridized carbons (Fsp3) is 0.500. The molecule has 2 rings (SSSR count). The second-order valence-corrected chi connectivity index (χ2v) is 6.47. The van der Waals surface area contributed by atoms with Crippen molar-refractivity contribution in [1.29, 1.82) is 0 Å². The maximum absolute atomic E-state index is 12.4. The molecule has 0 bridgehead atoms. The van der Waals surface area contributed by atoms with Gasteiger partial charge in [-0.05, 0) is 19.1 Å². The summed E-state index contributed by atoms with van der Waals surface area (Å²) in [6.45, 7) is 3.43. The smallest absolute Gasteiger partial charge is 0.243 e. The summed E-state index contributed by atoms with van der Waals surface area (Å²) in [5, 5.41) is 12.6. The first kappa shape index (κ1) is 13.5. The number of hydrogen-bond acceptors (Lipinski definition) is 4. The van der Waals surface area contributed by atoms with Crippen molar-refractivity contribution < 1.29 is 13.5 Å². The molecule has 0 spiro atoms. The van der Waals surface area contributed by atoms with Crippen molar-refractivity contribution in [2.24, 2.45) is 0 Å². The van der Waals surface area contributed by atoms with E-state index < -0.39 is 16.1 Å². The maximum Gasteiger partial charge on any atom is 0.243 e. The Hall–Kier alpha value is -0.950. The maximum atomic E-state index is 12.4. The first-order valence-corrected chi connectivity index (χ1v) is 7.40. The molecule has 18 heavy (non-hydrogen) atoms. The number of hydrogen-bond donors (Lipinski definition) is 2. The predicted octanol–water partition coefficient (Wildman–Crippen LogP) is -0.0502. The van der Waals surface area contributed by atoms with Crippen LogP contribution in [0.2, 0.25) is 0 Å². The minimum Gasteiger partial charge on any atom is -0.390 e. The fourth-order valence-corrected chi connectivity index (χ4v) is 3.42. The number of nitrogens with one attached hydrogen (secondary N) is 1. The molecule has 100 valence electrons. The molecule has 1 aromatic carbocycles. The number of aliphatic hydroxyl groups excluding tert-OH is 1. The normalized spacial score (nSPS) is 22.7. The van der Waals surface area contributed by atoms with Gasteiger partial charge in [-0.15, -0.1) is 0 Å². The van der Waals surface area contributed by atoms with Crippen LogP contribution in [-0.4, -0.2) is 50.1 Å². The van der Waals surface area contributed by atoms with E-state index in [-0.39, 0.29) is 11.4 Å². The Morgan fingerprint density at radius 3 is 2.67 bits per heavy atom. The summed E-state index contributed by atoms with van der Waals surface area (Å²) in [5.41, 5.74) is 1.02. The van der Waals surface area contributed by atoms with Crippen molar-refractivity contribution in [2.45, 2.75) is 17.9 Å². The van der Waals surface area contributed by atoms with Crippen molar-refractivity contribution in [3.05, 3.63) is 29.8 Å². The van der Waals surface area contributed by atoms with Crippen molar-refractivity contribution in [1.82, 2.24) is 9.62 Å². The Balaban J connectivity index is 2.26. The molecule has 6 heteroatoms. The van der Waals surface area contributed by atoms with Crippen LogP contribution in [-0.2, 0) is 10.0 Å². The Labute approximate surface area is 107 Å². The zero-order chi connectivity index (χ0) is 13.2. The van der Waals surface area contributed by atoms with E-state index in [0.29, 0.717) is 19.6 Å². The van der Waals surface area contributed by atoms with Gasteiger partial charge in [0.1, 0.15) is 0 Å². The second kappa shape index (κ2) is 5.36. The lowest BCUT2D eigenvalue weighted by Crippen LogP contribution is -2.37. The van der Waals surface area contributed by atoms with Crippen LogP contribution >= 0.6 is 0 Å². The molecule has 1 unspecified atom stereocenters. The van der Waals surface area contributed by atoms with Crippen molar-refractivity contribution in [3.8, 4) is 0 Å². The summed E-state index contributed by atoms with van der Waals surface area (Å²) in [6.07, 6.45) is -0.660. The zero-order valence-electron chi connectivity index (χ0n) is 10.3. The highest BCUT2D eigenvalue weighted by Gasteiger charge is 2.27. The topological polar surface area (TPSA) is 69.6 Å². The number of aryl methyl sites for hydroxylation is 1. The van der Waals surface area contributed by atoms with E-state index in [0.717, 1.165) is 5.56 Å². The average Bonchev–Trinajstić information content (AvgIpc) is 2.55. The van der Waals surface area contributed by atoms with Crippen molar-refractivity contribution in [2.75, 3.05) is 26.2 Å². The van der Waals surface area contributed by atoms with Crippen LogP contribution < -0.4 is 5.32 Å². The van der Waals surface area contributed by atoms with Gasteiger partial charge in [-0.1, -0.05) is 17.7 Å². The molecule has 1 saturated heterocycles. The zero-order valence-corrected chi connectivity index (χ0v) is 11.2. The van der Waals surface area contributed by atoms with Gasteiger partial charge >= 0.3 is 0 Å². The average molecular weight is 270 g/mol. The molecule has 1 aliphatic rings. The largest absolute Gasteiger partial charge is 0.390 e. The van der Waals surface area contributed by atoms with E-state index in [1.807, 2.05) is 6.92 Å². The second-order valence-electron chi connectivity index (χ2n) is 4.53. The summed E-state index contributed by atoms with van der Waals surface area (Å²) in [6, 6.07) is 6.77. The summed E-state index contributed by atoms with van der Waals surface area (Å²) < 4.78 is 26.1. The highest BCUT2D eigenvalue weighted by Crippen LogP contribution is 2.17. The molecule has 0 radical (unpaired) electrons. The monoisotopic (exact) mass is 270 g/mol. The van der Waals surface area contributed by atoms with Gasteiger partial charge < -0.3 is 10.4 Å². The molecule has 1 atom stereocenters. The number of benzene rings is 1. The van der Waals surface area contributed by atoms with E-state index in [1.54, 1.807) is 24.3 Å². The van der Waals surface area contributed by atoms with Crippen LogP contribution in [0.1, 0.15) is 5.56 Å². The highest BCUT2D eigenvalue weighted by atomic mass is 32.2. The van der Waals surface area contributed by atoms with Gasteiger partial charge in [-0.25, -0.2) is 8.42 Å². The Bertz CT molecular complexity index is 499. The summed E-state index contributed by atoms with van der Waals surface area (Å²) in [4.78, 5) is 0.280. The summed E-state index contributed by atoms with van der Waals surface area (Å²) in [5.74, 6) is 0. The molecule has 5 nitrogen and oxygen atoms in total. The molecule has 1 heterocycles. The third-order valence-electron chi connectivity index (χ3n) is 2.99. The van der Waals surface area contributed by atoms with Crippen molar-refractivity contribution >= 4 is 10.0 Å². The number of aliphatic hydroxyl groups is 1. The first-order chi connectivity index (χ1) is 8.50. The third kappa shape index (κ3) is 2.89. The van der Waals surface area contributed by atoms with Gasteiger partial charge in [0.2, 0.25) is 10.0 Å². The van der Waals surface area contributed by atoms with Gasteiger partial charge in [-0.3, -0.25) is 0 Å². The Morgan fingerprint density at radius 2 is 2.00 bits per heavy atom. The van der Waals surface area contributed by atoms with Gasteiger partial charge in [-0.2, -0.15) is 4.31 Å². The first-order valence-electron chi connectivity index (χ1n) is 5.96. The molecule has 2 N–H and O–H groups in total. The quantitative estimate of drug-likeness (QED) is 0.790. The van der Waals surface area contributed by atoms with Gasteiger partial charge in [0.05, 0.1) is 11.0 Å². The minimum absolute atomic E-state index is 0.142. The standard InChI is InChI=1S/C12H18N2O3S/c1-10-2-4-12(5-3-10)18(16,17)14-7-6-13-8-11(15)9-14/h2-5,11,13,15H,6-9H2,1H3. The molecule has 0 amide bonds. The number of nitrogens with zero attached hydrogens (tertiary/aromatic N) is 1. The molecule has 0 saturated carbocycles.